The smallest absolute Gasteiger partial charge is 0.291 e. The van der Waals surface area contributed by atoms with Gasteiger partial charge in [-0.1, -0.05) is 48.5 Å². The quantitative estimate of drug-likeness (QED) is 0.331. The van der Waals surface area contributed by atoms with Crippen molar-refractivity contribution in [2.75, 3.05) is 12.7 Å². The third-order valence-corrected chi connectivity index (χ3v) is 6.60. The number of benzene rings is 3. The van der Waals surface area contributed by atoms with Crippen LogP contribution in [0.1, 0.15) is 27.1 Å². The van der Waals surface area contributed by atoms with Crippen molar-refractivity contribution in [3.05, 3.63) is 96.1 Å². The van der Waals surface area contributed by atoms with Gasteiger partial charge in [0.25, 0.3) is 20.2 Å². The molecule has 1 aliphatic rings. The molecular formula is C25H21N2O4P. The molecule has 32 heavy (non-hydrogen) atoms. The molecule has 1 aliphatic heterocycles. The molecule has 0 radical (unpaired) electrons. The Bertz CT molecular complexity index is 1050. The fraction of sp³-hybridized carbons (Fsp3) is 0.160. The zero-order chi connectivity index (χ0) is 22.3. The first-order chi connectivity index (χ1) is 15.7. The van der Waals surface area contributed by atoms with Crippen molar-refractivity contribution in [3.63, 3.8) is 0 Å². The Morgan fingerprint density at radius 1 is 0.781 bits per heavy atom. The van der Waals surface area contributed by atoms with Crippen molar-refractivity contribution in [3.8, 4) is 17.6 Å². The number of hydrogen-bond acceptors (Lipinski definition) is 5. The van der Waals surface area contributed by atoms with E-state index >= 15 is 0 Å². The number of nitriles is 1. The Morgan fingerprint density at radius 2 is 1.25 bits per heavy atom. The third-order valence-electron chi connectivity index (χ3n) is 5.03. The van der Waals surface area contributed by atoms with Gasteiger partial charge in [0.05, 0.1) is 29.3 Å². The summed E-state index contributed by atoms with van der Waals surface area (Å²) in [6.07, 6.45) is 0.690. The van der Waals surface area contributed by atoms with Gasteiger partial charge in [-0.2, -0.15) is 5.26 Å². The van der Waals surface area contributed by atoms with E-state index in [4.69, 9.17) is 9.05 Å². The normalized spacial score (nSPS) is 13.6. The highest BCUT2D eigenvalue weighted by Crippen LogP contribution is 2.42. The number of carbonyl (C=O) groups is 2. The molecule has 0 saturated carbocycles. The van der Waals surface area contributed by atoms with Crippen LogP contribution in [-0.2, 0) is 0 Å². The molecule has 1 unspecified atom stereocenters. The maximum Gasteiger partial charge on any atom is 0.291 e. The summed E-state index contributed by atoms with van der Waals surface area (Å²) >= 11 is 0. The van der Waals surface area contributed by atoms with E-state index in [0.717, 1.165) is 0 Å². The van der Waals surface area contributed by atoms with Crippen molar-refractivity contribution in [2.45, 2.75) is 6.42 Å². The van der Waals surface area contributed by atoms with Crippen LogP contribution in [0.2, 0.25) is 0 Å². The predicted molar refractivity (Wildman–Crippen MR) is 121 cm³/mol. The zero-order valence-electron chi connectivity index (χ0n) is 17.3. The molecule has 2 amide bonds. The minimum absolute atomic E-state index is 0.171. The monoisotopic (exact) mass is 444 g/mol. The van der Waals surface area contributed by atoms with Crippen molar-refractivity contribution in [2.24, 2.45) is 5.92 Å². The molecule has 0 fully saturated rings. The summed E-state index contributed by atoms with van der Waals surface area (Å²) in [4.78, 5) is 26.4. The highest BCUT2D eigenvalue weighted by molar-refractivity contribution is 7.48. The Balaban J connectivity index is 1.43. The molecule has 6 nitrogen and oxygen atoms in total. The van der Waals surface area contributed by atoms with Gasteiger partial charge in [0.1, 0.15) is 11.5 Å². The van der Waals surface area contributed by atoms with E-state index in [9.17, 15) is 14.9 Å². The molecule has 4 rings (SSSR count). The molecule has 0 saturated heterocycles. The lowest BCUT2D eigenvalue weighted by atomic mass is 10.1. The second kappa shape index (κ2) is 10.1. The van der Waals surface area contributed by atoms with Crippen LogP contribution in [-0.4, -0.2) is 29.4 Å². The molecule has 0 aliphatic carbocycles. The number of fused-ring (bicyclic) bond motifs is 1. The maximum absolute atomic E-state index is 12.6. The van der Waals surface area contributed by atoms with Crippen LogP contribution in [0.25, 0.3) is 0 Å². The van der Waals surface area contributed by atoms with Gasteiger partial charge >= 0.3 is 0 Å². The van der Waals surface area contributed by atoms with E-state index in [1.54, 1.807) is 24.3 Å². The highest BCUT2D eigenvalue weighted by Gasteiger charge is 2.35. The first-order valence-corrected chi connectivity index (χ1v) is 11.6. The lowest BCUT2D eigenvalue weighted by Gasteiger charge is -2.22. The van der Waals surface area contributed by atoms with Crippen LogP contribution in [0.4, 0.5) is 0 Å². The average molecular weight is 444 g/mol. The Hall–Kier alpha value is -3.68. The van der Waals surface area contributed by atoms with Crippen molar-refractivity contribution < 1.29 is 18.6 Å². The Labute approximate surface area is 187 Å². The Morgan fingerprint density at radius 3 is 1.72 bits per heavy atom. The SMILES string of the molecule is N#CC(CCN1C(=O)c2ccccc2C1=O)CP(Oc1ccccc1)Oc1ccccc1. The van der Waals surface area contributed by atoms with Gasteiger partial charge in [0, 0.05) is 6.54 Å². The number of para-hydroxylation sites is 2. The summed E-state index contributed by atoms with van der Waals surface area (Å²) in [6.45, 7) is 0.171. The molecule has 7 heteroatoms. The molecular weight excluding hydrogens is 423 g/mol. The summed E-state index contributed by atoms with van der Waals surface area (Å²) in [6, 6.07) is 27.7. The zero-order valence-corrected chi connectivity index (χ0v) is 18.2. The molecule has 0 spiro atoms. The summed E-state index contributed by atoms with van der Waals surface area (Å²) in [7, 11) is -1.46. The van der Waals surface area contributed by atoms with E-state index in [1.807, 2.05) is 60.7 Å². The van der Waals surface area contributed by atoms with Gasteiger partial charge in [-0.25, -0.2) is 0 Å². The van der Waals surface area contributed by atoms with E-state index in [-0.39, 0.29) is 18.4 Å². The second-order valence-corrected chi connectivity index (χ2v) is 8.64. The first kappa shape index (κ1) is 21.5. The van der Waals surface area contributed by atoms with Crippen molar-refractivity contribution in [1.29, 1.82) is 5.26 Å². The van der Waals surface area contributed by atoms with Gasteiger partial charge in [-0.3, -0.25) is 14.5 Å². The topological polar surface area (TPSA) is 79.6 Å². The van der Waals surface area contributed by atoms with Crippen LogP contribution in [0.5, 0.6) is 11.5 Å². The number of amides is 2. The fourth-order valence-electron chi connectivity index (χ4n) is 3.39. The van der Waals surface area contributed by atoms with Gasteiger partial charge in [-0.15, -0.1) is 0 Å². The minimum atomic E-state index is -1.46. The first-order valence-electron chi connectivity index (χ1n) is 10.2. The standard InChI is InChI=1S/C25H21N2O4P/c26-17-19(15-16-27-24(28)22-13-7-8-14-23(22)25(27)29)18-32(30-20-9-3-1-4-10-20)31-21-11-5-2-6-12-21/h1-14,19H,15-16,18H2. The summed E-state index contributed by atoms with van der Waals surface area (Å²) < 4.78 is 12.1. The second-order valence-electron chi connectivity index (χ2n) is 7.25. The maximum atomic E-state index is 12.6. The summed E-state index contributed by atoms with van der Waals surface area (Å²) in [5.41, 5.74) is 0.821. The van der Waals surface area contributed by atoms with Crippen LogP contribution < -0.4 is 9.05 Å². The largest absolute Gasteiger partial charge is 0.439 e. The predicted octanol–water partition coefficient (Wildman–Crippen LogP) is 5.28. The Kier molecular flexibility index (Phi) is 6.79. The van der Waals surface area contributed by atoms with Crippen LogP contribution >= 0.6 is 8.38 Å². The fourth-order valence-corrected chi connectivity index (χ4v) is 4.92. The van der Waals surface area contributed by atoms with Crippen LogP contribution in [0.3, 0.4) is 0 Å². The molecule has 1 atom stereocenters. The van der Waals surface area contributed by atoms with Gasteiger partial charge in [-0.05, 0) is 42.8 Å². The molecule has 160 valence electrons. The van der Waals surface area contributed by atoms with Crippen molar-refractivity contribution >= 4 is 20.2 Å². The van der Waals surface area contributed by atoms with Gasteiger partial charge in [0.2, 0.25) is 0 Å². The molecule has 1 heterocycles. The average Bonchev–Trinajstić information content (AvgIpc) is 3.07. The number of carbonyl (C=O) groups excluding carboxylic acids is 2. The third kappa shape index (κ3) is 4.96. The summed E-state index contributed by atoms with van der Waals surface area (Å²) in [5, 5.41) is 9.75. The lowest BCUT2D eigenvalue weighted by molar-refractivity contribution is 0.0649. The number of nitrogens with zero attached hydrogens (tertiary/aromatic N) is 2. The molecule has 0 bridgehead atoms. The molecule has 0 aromatic heterocycles. The molecule has 3 aromatic rings. The summed E-state index contributed by atoms with van der Waals surface area (Å²) in [5.74, 6) is 0.243. The van der Waals surface area contributed by atoms with Crippen LogP contribution in [0.15, 0.2) is 84.9 Å². The van der Waals surface area contributed by atoms with E-state index in [1.165, 1.54) is 4.90 Å². The van der Waals surface area contributed by atoms with Gasteiger partial charge < -0.3 is 9.05 Å². The molecule has 0 N–H and O–H groups in total. The van der Waals surface area contributed by atoms with E-state index < -0.39 is 14.3 Å². The minimum Gasteiger partial charge on any atom is -0.439 e. The van der Waals surface area contributed by atoms with E-state index in [2.05, 4.69) is 6.07 Å². The van der Waals surface area contributed by atoms with Crippen molar-refractivity contribution in [1.82, 2.24) is 4.90 Å². The van der Waals surface area contributed by atoms with E-state index in [0.29, 0.717) is 35.2 Å². The van der Waals surface area contributed by atoms with Gasteiger partial charge in [0.15, 0.2) is 0 Å². The number of hydrogen-bond donors (Lipinski definition) is 0. The van der Waals surface area contributed by atoms with Crippen LogP contribution in [0, 0.1) is 17.2 Å². The lowest BCUT2D eigenvalue weighted by Crippen LogP contribution is -2.32. The molecule has 3 aromatic carbocycles. The highest BCUT2D eigenvalue weighted by atomic mass is 31.2. The number of rotatable bonds is 9. The number of imide groups is 1.